The lowest BCUT2D eigenvalue weighted by molar-refractivity contribution is 0.0222. The van der Waals surface area contributed by atoms with Gasteiger partial charge in [-0.1, -0.05) is 6.07 Å². The molecule has 0 aliphatic carbocycles. The second-order valence-corrected chi connectivity index (χ2v) is 7.55. The van der Waals surface area contributed by atoms with Gasteiger partial charge in [0.1, 0.15) is 17.0 Å². The summed E-state index contributed by atoms with van der Waals surface area (Å²) < 4.78 is 6.97. The number of rotatable bonds is 2. The van der Waals surface area contributed by atoms with E-state index in [0.29, 0.717) is 29.9 Å². The van der Waals surface area contributed by atoms with Gasteiger partial charge < -0.3 is 20.1 Å². The number of ether oxygens (including phenoxy) is 1. The minimum atomic E-state index is -0.582. The summed E-state index contributed by atoms with van der Waals surface area (Å²) in [6.07, 6.45) is 0.151. The number of aryl methyl sites for hydroxylation is 1. The molecule has 0 radical (unpaired) electrons. The molecule has 27 heavy (non-hydrogen) atoms. The topological polar surface area (TPSA) is 96.7 Å². The van der Waals surface area contributed by atoms with E-state index < -0.39 is 11.7 Å². The van der Waals surface area contributed by atoms with Crippen molar-refractivity contribution in [3.63, 3.8) is 0 Å². The molecule has 0 saturated heterocycles. The van der Waals surface area contributed by atoms with Gasteiger partial charge in [0.25, 0.3) is 5.91 Å². The molecule has 0 spiro atoms. The fourth-order valence-electron chi connectivity index (χ4n) is 3.04. The third kappa shape index (κ3) is 4.21. The maximum atomic E-state index is 12.8. The normalized spacial score (nSPS) is 13.9. The van der Waals surface area contributed by atoms with Crippen molar-refractivity contribution in [2.75, 3.05) is 11.9 Å². The van der Waals surface area contributed by atoms with E-state index in [9.17, 15) is 14.7 Å². The number of fused-ring (bicyclic) bond motifs is 1. The third-order valence-electron chi connectivity index (χ3n) is 4.17. The number of aromatic nitrogens is 2. The largest absolute Gasteiger partial charge is 0.508 e. The lowest BCUT2D eigenvalue weighted by Gasteiger charge is -2.29. The van der Waals surface area contributed by atoms with Gasteiger partial charge in [-0.15, -0.1) is 0 Å². The number of hydrogen-bond donors (Lipinski definition) is 2. The van der Waals surface area contributed by atoms with Gasteiger partial charge in [0.2, 0.25) is 0 Å². The third-order valence-corrected chi connectivity index (χ3v) is 4.17. The van der Waals surface area contributed by atoms with Crippen molar-refractivity contribution in [3.8, 4) is 5.75 Å². The van der Waals surface area contributed by atoms with Crippen LogP contribution in [0.4, 0.5) is 10.5 Å². The molecule has 8 heteroatoms. The molecule has 2 aromatic rings. The Kier molecular flexibility index (Phi) is 4.82. The van der Waals surface area contributed by atoms with Gasteiger partial charge in [0.15, 0.2) is 0 Å². The summed E-state index contributed by atoms with van der Waals surface area (Å²) >= 11 is 0. The van der Waals surface area contributed by atoms with E-state index >= 15 is 0 Å². The predicted octanol–water partition coefficient (Wildman–Crippen LogP) is 2.67. The molecule has 2 heterocycles. The first-order valence-electron chi connectivity index (χ1n) is 8.77. The molecule has 8 nitrogen and oxygen atoms in total. The molecule has 0 atom stereocenters. The van der Waals surface area contributed by atoms with E-state index in [0.717, 1.165) is 5.69 Å². The Balaban J connectivity index is 1.82. The second-order valence-electron chi connectivity index (χ2n) is 7.55. The average molecular weight is 372 g/mol. The zero-order valence-corrected chi connectivity index (χ0v) is 15.9. The standard InChI is InChI=1S/C19H24N4O4/c1-19(2,3)27-18(26)23-9-8-15-14(11-23)16(22(4)21-15)17(25)20-12-6-5-7-13(24)10-12/h5-7,10,24H,8-9,11H2,1-4H3,(H,20,25). The number of amides is 2. The lowest BCUT2D eigenvalue weighted by Crippen LogP contribution is -2.40. The fraction of sp³-hybridized carbons (Fsp3) is 0.421. The molecule has 0 saturated carbocycles. The van der Waals surface area contributed by atoms with Crippen molar-refractivity contribution in [1.29, 1.82) is 0 Å². The number of aromatic hydroxyl groups is 1. The molecule has 0 fully saturated rings. The van der Waals surface area contributed by atoms with Crippen molar-refractivity contribution in [2.24, 2.45) is 7.05 Å². The smallest absolute Gasteiger partial charge is 0.410 e. The highest BCUT2D eigenvalue weighted by molar-refractivity contribution is 6.04. The quantitative estimate of drug-likeness (QED) is 0.845. The average Bonchev–Trinajstić information content (AvgIpc) is 2.88. The van der Waals surface area contributed by atoms with Crippen LogP contribution in [-0.2, 0) is 24.8 Å². The van der Waals surface area contributed by atoms with E-state index in [-0.39, 0.29) is 18.2 Å². The molecule has 0 bridgehead atoms. The van der Waals surface area contributed by atoms with Crippen LogP contribution in [0.25, 0.3) is 0 Å². The van der Waals surface area contributed by atoms with Crippen LogP contribution >= 0.6 is 0 Å². The van der Waals surface area contributed by atoms with E-state index in [1.54, 1.807) is 24.1 Å². The van der Waals surface area contributed by atoms with Crippen LogP contribution in [-0.4, -0.2) is 43.9 Å². The van der Waals surface area contributed by atoms with E-state index in [2.05, 4.69) is 10.4 Å². The first-order valence-corrected chi connectivity index (χ1v) is 8.77. The number of phenols is 1. The Morgan fingerprint density at radius 2 is 2.04 bits per heavy atom. The minimum absolute atomic E-state index is 0.0657. The zero-order chi connectivity index (χ0) is 19.8. The van der Waals surface area contributed by atoms with Crippen LogP contribution in [0.3, 0.4) is 0 Å². The lowest BCUT2D eigenvalue weighted by atomic mass is 10.1. The van der Waals surface area contributed by atoms with Gasteiger partial charge in [-0.05, 0) is 32.9 Å². The van der Waals surface area contributed by atoms with E-state index in [1.165, 1.54) is 16.8 Å². The maximum Gasteiger partial charge on any atom is 0.410 e. The molecule has 1 aliphatic heterocycles. The zero-order valence-electron chi connectivity index (χ0n) is 15.9. The Hall–Kier alpha value is -3.03. The SMILES string of the molecule is Cn1nc2c(c1C(=O)Nc1cccc(O)c1)CN(C(=O)OC(C)(C)C)CC2. The molecule has 0 unspecified atom stereocenters. The van der Waals surface area contributed by atoms with Crippen molar-refractivity contribution in [2.45, 2.75) is 39.3 Å². The number of anilines is 1. The molecule has 144 valence electrons. The monoisotopic (exact) mass is 372 g/mol. The molecule has 2 N–H and O–H groups in total. The van der Waals surface area contributed by atoms with Crippen molar-refractivity contribution >= 4 is 17.7 Å². The molecular weight excluding hydrogens is 348 g/mol. The minimum Gasteiger partial charge on any atom is -0.508 e. The highest BCUT2D eigenvalue weighted by Gasteiger charge is 2.31. The van der Waals surface area contributed by atoms with Crippen molar-refractivity contribution < 1.29 is 19.4 Å². The molecule has 3 rings (SSSR count). The summed E-state index contributed by atoms with van der Waals surface area (Å²) in [6.45, 7) is 6.21. The highest BCUT2D eigenvalue weighted by Crippen LogP contribution is 2.25. The Labute approximate surface area is 157 Å². The van der Waals surface area contributed by atoms with Gasteiger partial charge in [-0.2, -0.15) is 5.10 Å². The van der Waals surface area contributed by atoms with Gasteiger partial charge in [-0.25, -0.2) is 4.79 Å². The molecule has 1 aliphatic rings. The van der Waals surface area contributed by atoms with Gasteiger partial charge in [0, 0.05) is 37.3 Å². The second kappa shape index (κ2) is 6.94. The van der Waals surface area contributed by atoms with Crippen LogP contribution in [0.1, 0.15) is 42.5 Å². The maximum absolute atomic E-state index is 12.8. The number of hydrogen-bond acceptors (Lipinski definition) is 5. The van der Waals surface area contributed by atoms with Crippen molar-refractivity contribution in [3.05, 3.63) is 41.2 Å². The molecule has 1 aromatic heterocycles. The van der Waals surface area contributed by atoms with Crippen LogP contribution in [0, 0.1) is 0 Å². The van der Waals surface area contributed by atoms with E-state index in [1.807, 2.05) is 20.8 Å². The summed E-state index contributed by atoms with van der Waals surface area (Å²) in [5.74, 6) is -0.279. The Morgan fingerprint density at radius 3 is 2.70 bits per heavy atom. The molecular formula is C19H24N4O4. The molecule has 2 amide bonds. The number of carbonyl (C=O) groups is 2. The number of nitrogens with zero attached hydrogens (tertiary/aromatic N) is 3. The number of phenolic OH excluding ortho intramolecular Hbond substituents is 1. The summed E-state index contributed by atoms with van der Waals surface area (Å²) in [7, 11) is 1.70. The predicted molar refractivity (Wildman–Crippen MR) is 99.6 cm³/mol. The summed E-state index contributed by atoms with van der Waals surface area (Å²) in [5.41, 5.74) is 1.81. The fourth-order valence-corrected chi connectivity index (χ4v) is 3.04. The first-order chi connectivity index (χ1) is 12.6. The number of carbonyl (C=O) groups excluding carboxylic acids is 2. The Bertz CT molecular complexity index is 882. The van der Waals surface area contributed by atoms with Gasteiger partial charge in [-0.3, -0.25) is 9.48 Å². The first kappa shape index (κ1) is 18.8. The summed E-state index contributed by atoms with van der Waals surface area (Å²) in [5, 5.41) is 16.8. The number of benzene rings is 1. The summed E-state index contributed by atoms with van der Waals surface area (Å²) in [6, 6.07) is 6.33. The number of nitrogens with one attached hydrogen (secondary N) is 1. The van der Waals surface area contributed by atoms with E-state index in [4.69, 9.17) is 4.74 Å². The Morgan fingerprint density at radius 1 is 1.30 bits per heavy atom. The van der Waals surface area contributed by atoms with Crippen LogP contribution in [0.5, 0.6) is 5.75 Å². The van der Waals surface area contributed by atoms with Crippen LogP contribution in [0.15, 0.2) is 24.3 Å². The highest BCUT2D eigenvalue weighted by atomic mass is 16.6. The molecule has 1 aromatic carbocycles. The van der Waals surface area contributed by atoms with Gasteiger partial charge >= 0.3 is 6.09 Å². The van der Waals surface area contributed by atoms with Gasteiger partial charge in [0.05, 0.1) is 12.2 Å². The van der Waals surface area contributed by atoms with Crippen molar-refractivity contribution in [1.82, 2.24) is 14.7 Å². The van der Waals surface area contributed by atoms with Crippen LogP contribution < -0.4 is 5.32 Å². The summed E-state index contributed by atoms with van der Waals surface area (Å²) in [4.78, 5) is 26.8. The van der Waals surface area contributed by atoms with Crippen LogP contribution in [0.2, 0.25) is 0 Å².